The van der Waals surface area contributed by atoms with E-state index in [1.54, 1.807) is 26.4 Å². The quantitative estimate of drug-likeness (QED) is 0.520. The third-order valence-corrected chi connectivity index (χ3v) is 5.92. The first kappa shape index (κ1) is 23.4. The van der Waals surface area contributed by atoms with E-state index < -0.39 is 0 Å². The summed E-state index contributed by atoms with van der Waals surface area (Å²) in [4.78, 5) is 13.2. The molecule has 5 nitrogen and oxygen atoms in total. The second kappa shape index (κ2) is 10.4. The Morgan fingerprint density at radius 3 is 2.44 bits per heavy atom. The number of halogens is 1. The van der Waals surface area contributed by atoms with Crippen LogP contribution >= 0.6 is 0 Å². The minimum atomic E-state index is -0.267. The molecule has 0 unspecified atom stereocenters. The van der Waals surface area contributed by atoms with Crippen LogP contribution in [0.1, 0.15) is 45.4 Å². The van der Waals surface area contributed by atoms with E-state index in [1.165, 1.54) is 6.07 Å². The highest BCUT2D eigenvalue weighted by Crippen LogP contribution is 2.28. The van der Waals surface area contributed by atoms with Crippen molar-refractivity contribution in [3.63, 3.8) is 0 Å². The Bertz CT molecular complexity index is 1100. The number of amides is 1. The maximum Gasteiger partial charge on any atom is 0.268 e. The monoisotopic (exact) mass is 438 g/mol. The molecule has 170 valence electrons. The van der Waals surface area contributed by atoms with Gasteiger partial charge in [0.15, 0.2) is 11.5 Å². The van der Waals surface area contributed by atoms with Crippen LogP contribution in [0.3, 0.4) is 0 Å². The van der Waals surface area contributed by atoms with Gasteiger partial charge in [-0.25, -0.2) is 4.39 Å². The molecule has 3 aromatic rings. The van der Waals surface area contributed by atoms with Crippen LogP contribution < -0.4 is 14.8 Å². The number of carbonyl (C=O) groups excluding carboxylic acids is 1. The van der Waals surface area contributed by atoms with Crippen LogP contribution in [0.5, 0.6) is 11.5 Å². The number of hydrogen-bond acceptors (Lipinski definition) is 3. The van der Waals surface area contributed by atoms with Gasteiger partial charge in [0.1, 0.15) is 11.5 Å². The SMILES string of the molecule is CCc1c(C)c(C(=O)NCCc2ccc(OC)c(OC)c2)n(Cc2ccccc2F)c1C. The van der Waals surface area contributed by atoms with Gasteiger partial charge in [-0.15, -0.1) is 0 Å². The molecule has 1 amide bonds. The van der Waals surface area contributed by atoms with Crippen molar-refractivity contribution in [3.8, 4) is 11.5 Å². The van der Waals surface area contributed by atoms with Gasteiger partial charge in [0, 0.05) is 17.8 Å². The average Bonchev–Trinajstić information content (AvgIpc) is 3.03. The third-order valence-electron chi connectivity index (χ3n) is 5.92. The summed E-state index contributed by atoms with van der Waals surface area (Å²) >= 11 is 0. The van der Waals surface area contributed by atoms with Crippen LogP contribution in [0, 0.1) is 19.7 Å². The van der Waals surface area contributed by atoms with Gasteiger partial charge in [-0.2, -0.15) is 0 Å². The minimum absolute atomic E-state index is 0.151. The van der Waals surface area contributed by atoms with E-state index in [1.807, 2.05) is 42.7 Å². The zero-order valence-electron chi connectivity index (χ0n) is 19.4. The Kier molecular flexibility index (Phi) is 7.57. The molecule has 2 aromatic carbocycles. The van der Waals surface area contributed by atoms with E-state index >= 15 is 0 Å². The van der Waals surface area contributed by atoms with E-state index in [4.69, 9.17) is 9.47 Å². The Balaban J connectivity index is 1.79. The van der Waals surface area contributed by atoms with Crippen LogP contribution in [0.15, 0.2) is 42.5 Å². The topological polar surface area (TPSA) is 52.5 Å². The largest absolute Gasteiger partial charge is 0.493 e. The van der Waals surface area contributed by atoms with Gasteiger partial charge >= 0.3 is 0 Å². The molecule has 3 rings (SSSR count). The summed E-state index contributed by atoms with van der Waals surface area (Å²) < 4.78 is 26.9. The lowest BCUT2D eigenvalue weighted by atomic mass is 10.1. The Labute approximate surface area is 189 Å². The highest BCUT2D eigenvalue weighted by molar-refractivity contribution is 5.95. The molecule has 0 atom stereocenters. The lowest BCUT2D eigenvalue weighted by Crippen LogP contribution is -2.29. The van der Waals surface area contributed by atoms with Crippen LogP contribution in [0.2, 0.25) is 0 Å². The van der Waals surface area contributed by atoms with E-state index in [-0.39, 0.29) is 11.7 Å². The van der Waals surface area contributed by atoms with Crippen molar-refractivity contribution >= 4 is 5.91 Å². The van der Waals surface area contributed by atoms with E-state index in [2.05, 4.69) is 12.2 Å². The van der Waals surface area contributed by atoms with Gasteiger partial charge in [0.2, 0.25) is 0 Å². The number of carbonyl (C=O) groups is 1. The zero-order chi connectivity index (χ0) is 23.3. The Morgan fingerprint density at radius 1 is 1.06 bits per heavy atom. The summed E-state index contributed by atoms with van der Waals surface area (Å²) in [6.45, 7) is 6.82. The first-order chi connectivity index (χ1) is 15.4. The summed E-state index contributed by atoms with van der Waals surface area (Å²) in [5, 5.41) is 3.03. The number of nitrogens with zero attached hydrogens (tertiary/aromatic N) is 1. The molecule has 0 saturated heterocycles. The molecule has 1 heterocycles. The van der Waals surface area contributed by atoms with E-state index in [9.17, 15) is 9.18 Å². The highest BCUT2D eigenvalue weighted by atomic mass is 19.1. The van der Waals surface area contributed by atoms with Crippen LogP contribution in [0.4, 0.5) is 4.39 Å². The summed E-state index contributed by atoms with van der Waals surface area (Å²) in [6, 6.07) is 12.4. The second-order valence-corrected chi connectivity index (χ2v) is 7.76. The minimum Gasteiger partial charge on any atom is -0.493 e. The molecule has 0 spiro atoms. The van der Waals surface area contributed by atoms with Crippen LogP contribution in [-0.4, -0.2) is 31.2 Å². The van der Waals surface area contributed by atoms with Gasteiger partial charge in [-0.1, -0.05) is 31.2 Å². The molecule has 0 saturated carbocycles. The summed E-state index contributed by atoms with van der Waals surface area (Å²) in [5.41, 5.74) is 5.27. The van der Waals surface area contributed by atoms with Crippen molar-refractivity contribution < 1.29 is 18.7 Å². The molecule has 1 aromatic heterocycles. The number of aromatic nitrogens is 1. The van der Waals surface area contributed by atoms with Crippen LogP contribution in [0.25, 0.3) is 0 Å². The maximum atomic E-state index is 14.3. The summed E-state index contributed by atoms with van der Waals surface area (Å²) in [5.74, 6) is 0.914. The number of hydrogen-bond donors (Lipinski definition) is 1. The van der Waals surface area contributed by atoms with Gasteiger partial charge in [-0.3, -0.25) is 4.79 Å². The Hall–Kier alpha value is -3.28. The number of methoxy groups -OCH3 is 2. The second-order valence-electron chi connectivity index (χ2n) is 7.76. The van der Waals surface area contributed by atoms with Crippen molar-refractivity contribution in [2.75, 3.05) is 20.8 Å². The van der Waals surface area contributed by atoms with Gasteiger partial charge in [0.05, 0.1) is 20.8 Å². The number of nitrogens with one attached hydrogen (secondary N) is 1. The molecule has 0 radical (unpaired) electrons. The standard InChI is InChI=1S/C26H31FN2O3/c1-6-21-17(2)25(29(18(21)3)16-20-9-7-8-10-22(20)27)26(30)28-14-13-19-11-12-23(31-4)24(15-19)32-5/h7-12,15H,6,13-14,16H2,1-5H3,(H,28,30). The Morgan fingerprint density at radius 2 is 1.78 bits per heavy atom. The summed E-state index contributed by atoms with van der Waals surface area (Å²) in [7, 11) is 3.20. The maximum absolute atomic E-state index is 14.3. The fourth-order valence-electron chi connectivity index (χ4n) is 4.20. The normalized spacial score (nSPS) is 10.8. The molecular weight excluding hydrogens is 407 g/mol. The van der Waals surface area contributed by atoms with Crippen molar-refractivity contribution in [2.24, 2.45) is 0 Å². The predicted molar refractivity (Wildman–Crippen MR) is 124 cm³/mol. The van der Waals surface area contributed by atoms with Crippen LogP contribution in [-0.2, 0) is 19.4 Å². The molecule has 6 heteroatoms. The van der Waals surface area contributed by atoms with Crippen molar-refractivity contribution in [1.82, 2.24) is 9.88 Å². The molecule has 0 aliphatic rings. The molecule has 32 heavy (non-hydrogen) atoms. The molecule has 0 aliphatic heterocycles. The lowest BCUT2D eigenvalue weighted by molar-refractivity contribution is 0.0944. The molecule has 1 N–H and O–H groups in total. The van der Waals surface area contributed by atoms with E-state index in [0.717, 1.165) is 28.8 Å². The fraction of sp³-hybridized carbons (Fsp3) is 0.346. The molecule has 0 aliphatic carbocycles. The fourth-order valence-corrected chi connectivity index (χ4v) is 4.20. The van der Waals surface area contributed by atoms with Gasteiger partial charge < -0.3 is 19.4 Å². The first-order valence-corrected chi connectivity index (χ1v) is 10.8. The van der Waals surface area contributed by atoms with Crippen molar-refractivity contribution in [2.45, 2.75) is 40.2 Å². The number of ether oxygens (including phenoxy) is 2. The molecule has 0 bridgehead atoms. The van der Waals surface area contributed by atoms with E-state index in [0.29, 0.717) is 42.3 Å². The first-order valence-electron chi connectivity index (χ1n) is 10.8. The zero-order valence-corrected chi connectivity index (χ0v) is 19.4. The predicted octanol–water partition coefficient (Wildman–Crippen LogP) is 4.84. The third kappa shape index (κ3) is 4.79. The van der Waals surface area contributed by atoms with Crippen molar-refractivity contribution in [1.29, 1.82) is 0 Å². The average molecular weight is 439 g/mol. The smallest absolute Gasteiger partial charge is 0.268 e. The number of benzene rings is 2. The number of rotatable bonds is 9. The van der Waals surface area contributed by atoms with Gasteiger partial charge in [0.25, 0.3) is 5.91 Å². The lowest BCUT2D eigenvalue weighted by Gasteiger charge is -2.14. The van der Waals surface area contributed by atoms with Gasteiger partial charge in [-0.05, 0) is 61.6 Å². The molecule has 0 fully saturated rings. The highest BCUT2D eigenvalue weighted by Gasteiger charge is 2.22. The summed E-state index contributed by atoms with van der Waals surface area (Å²) in [6.07, 6.45) is 1.46. The van der Waals surface area contributed by atoms with Crippen molar-refractivity contribution in [3.05, 3.63) is 81.9 Å². The molecular formula is C26H31FN2O3.